The fourth-order valence-corrected chi connectivity index (χ4v) is 3.05. The largest absolute Gasteiger partial charge is 0.329 e. The van der Waals surface area contributed by atoms with Gasteiger partial charge < -0.3 is 9.88 Å². The summed E-state index contributed by atoms with van der Waals surface area (Å²) >= 11 is 5.86. The number of amides is 2. The highest BCUT2D eigenvalue weighted by Crippen LogP contribution is 2.19. The number of carbonyl (C=O) groups is 2. The number of nitrogens with zero attached hydrogens (tertiary/aromatic N) is 2. The van der Waals surface area contributed by atoms with Crippen molar-refractivity contribution >= 4 is 35.3 Å². The minimum atomic E-state index is -0.868. The van der Waals surface area contributed by atoms with Crippen molar-refractivity contribution in [1.29, 1.82) is 0 Å². The third kappa shape index (κ3) is 4.47. The van der Waals surface area contributed by atoms with Crippen LogP contribution >= 0.6 is 11.6 Å². The van der Waals surface area contributed by atoms with Crippen LogP contribution in [0.25, 0.3) is 5.69 Å². The van der Waals surface area contributed by atoms with Gasteiger partial charge in [-0.3, -0.25) is 9.59 Å². The number of halogens is 1. The highest BCUT2D eigenvalue weighted by atomic mass is 35.5. The first-order valence-corrected chi connectivity index (χ1v) is 8.98. The van der Waals surface area contributed by atoms with E-state index >= 15 is 0 Å². The summed E-state index contributed by atoms with van der Waals surface area (Å²) in [5.41, 5.74) is 6.57. The van der Waals surface area contributed by atoms with Crippen molar-refractivity contribution in [1.82, 2.24) is 9.99 Å². The zero-order valence-electron chi connectivity index (χ0n) is 15.4. The van der Waals surface area contributed by atoms with Gasteiger partial charge in [0.25, 0.3) is 0 Å². The number of hydrogen-bond donors (Lipinski definition) is 2. The second-order valence-corrected chi connectivity index (χ2v) is 6.60. The average molecular weight is 395 g/mol. The Labute approximate surface area is 167 Å². The first-order valence-electron chi connectivity index (χ1n) is 8.60. The number of hydrogen-bond acceptors (Lipinski definition) is 3. The summed E-state index contributed by atoms with van der Waals surface area (Å²) in [5, 5.41) is 6.83. The van der Waals surface area contributed by atoms with E-state index in [2.05, 4.69) is 20.4 Å². The monoisotopic (exact) mass is 394 g/mol. The van der Waals surface area contributed by atoms with Crippen molar-refractivity contribution in [2.75, 3.05) is 5.32 Å². The Morgan fingerprint density at radius 2 is 1.75 bits per heavy atom. The van der Waals surface area contributed by atoms with Gasteiger partial charge in [0.2, 0.25) is 0 Å². The highest BCUT2D eigenvalue weighted by molar-refractivity contribution is 6.39. The van der Waals surface area contributed by atoms with Gasteiger partial charge >= 0.3 is 11.8 Å². The summed E-state index contributed by atoms with van der Waals surface area (Å²) in [6, 6.07) is 18.4. The molecule has 0 atom stereocenters. The standard InChI is InChI=1S/C21H19ClN4O2/c1-14-11-16(15(2)26(14)19-9-4-3-5-10-19)13-23-25-21(28)20(27)24-18-8-6-7-17(22)12-18/h3-13H,1-2H3,(H,24,27)(H,25,28)/b23-13+. The minimum absolute atomic E-state index is 0.433. The summed E-state index contributed by atoms with van der Waals surface area (Å²) in [6.45, 7) is 3.96. The molecule has 3 rings (SSSR count). The number of aromatic nitrogens is 1. The van der Waals surface area contributed by atoms with Crippen LogP contribution in [0.15, 0.2) is 65.8 Å². The Kier molecular flexibility index (Phi) is 5.91. The predicted molar refractivity (Wildman–Crippen MR) is 111 cm³/mol. The van der Waals surface area contributed by atoms with Crippen LogP contribution in [0.4, 0.5) is 5.69 Å². The van der Waals surface area contributed by atoms with E-state index in [4.69, 9.17) is 11.6 Å². The van der Waals surface area contributed by atoms with Gasteiger partial charge in [-0.2, -0.15) is 5.10 Å². The van der Waals surface area contributed by atoms with E-state index in [1.165, 1.54) is 6.21 Å². The molecule has 2 aromatic carbocycles. The molecule has 0 aliphatic rings. The van der Waals surface area contributed by atoms with Crippen molar-refractivity contribution in [2.45, 2.75) is 13.8 Å². The SMILES string of the molecule is Cc1cc(/C=N/NC(=O)C(=O)Nc2cccc(Cl)c2)c(C)n1-c1ccccc1. The molecule has 7 heteroatoms. The topological polar surface area (TPSA) is 75.5 Å². The molecule has 3 aromatic rings. The number of carbonyl (C=O) groups excluding carboxylic acids is 2. The first kappa shape index (κ1) is 19.4. The maximum absolute atomic E-state index is 11.9. The lowest BCUT2D eigenvalue weighted by Crippen LogP contribution is -2.32. The van der Waals surface area contributed by atoms with Crippen molar-refractivity contribution in [3.63, 3.8) is 0 Å². The summed E-state index contributed by atoms with van der Waals surface area (Å²) < 4.78 is 2.09. The molecular formula is C21H19ClN4O2. The molecule has 0 unspecified atom stereocenters. The van der Waals surface area contributed by atoms with Crippen molar-refractivity contribution in [3.05, 3.63) is 82.6 Å². The van der Waals surface area contributed by atoms with Gasteiger partial charge in [-0.05, 0) is 50.2 Å². The Balaban J connectivity index is 1.66. The van der Waals surface area contributed by atoms with Crippen LogP contribution in [0.3, 0.4) is 0 Å². The number of nitrogens with one attached hydrogen (secondary N) is 2. The van der Waals surface area contributed by atoms with E-state index in [0.29, 0.717) is 10.7 Å². The zero-order chi connectivity index (χ0) is 20.1. The van der Waals surface area contributed by atoms with Crippen LogP contribution in [-0.2, 0) is 9.59 Å². The van der Waals surface area contributed by atoms with Crippen LogP contribution in [0, 0.1) is 13.8 Å². The van der Waals surface area contributed by atoms with E-state index in [1.807, 2.05) is 50.2 Å². The minimum Gasteiger partial charge on any atom is -0.318 e. The molecule has 142 valence electrons. The van der Waals surface area contributed by atoms with Crippen LogP contribution in [-0.4, -0.2) is 22.6 Å². The number of hydrazone groups is 1. The molecule has 28 heavy (non-hydrogen) atoms. The molecule has 0 saturated heterocycles. The molecule has 1 aromatic heterocycles. The summed E-state index contributed by atoms with van der Waals surface area (Å²) in [6.07, 6.45) is 1.52. The van der Waals surface area contributed by atoms with Crippen molar-refractivity contribution in [2.24, 2.45) is 5.10 Å². The maximum atomic E-state index is 11.9. The molecule has 0 radical (unpaired) electrons. The Bertz CT molecular complexity index is 1040. The lowest BCUT2D eigenvalue weighted by atomic mass is 10.2. The summed E-state index contributed by atoms with van der Waals surface area (Å²) in [5.74, 6) is -1.69. The van der Waals surface area contributed by atoms with E-state index in [0.717, 1.165) is 22.6 Å². The van der Waals surface area contributed by atoms with Crippen molar-refractivity contribution < 1.29 is 9.59 Å². The molecule has 0 aliphatic heterocycles. The number of rotatable bonds is 4. The quantitative estimate of drug-likeness (QED) is 0.401. The second-order valence-electron chi connectivity index (χ2n) is 6.16. The molecule has 2 N–H and O–H groups in total. The summed E-state index contributed by atoms with van der Waals surface area (Å²) in [4.78, 5) is 23.9. The predicted octanol–water partition coefficient (Wildman–Crippen LogP) is 3.84. The van der Waals surface area contributed by atoms with Gasteiger partial charge in [0, 0.05) is 33.3 Å². The Morgan fingerprint density at radius 3 is 2.46 bits per heavy atom. The van der Waals surface area contributed by atoms with Gasteiger partial charge in [-0.25, -0.2) is 5.43 Å². The third-order valence-electron chi connectivity index (χ3n) is 4.14. The third-order valence-corrected chi connectivity index (χ3v) is 4.38. The zero-order valence-corrected chi connectivity index (χ0v) is 16.2. The molecule has 0 aliphatic carbocycles. The van der Waals surface area contributed by atoms with Gasteiger partial charge in [0.1, 0.15) is 0 Å². The van der Waals surface area contributed by atoms with Gasteiger partial charge in [0.15, 0.2) is 0 Å². The molecule has 2 amide bonds. The van der Waals surface area contributed by atoms with Gasteiger partial charge in [0.05, 0.1) is 6.21 Å². The van der Waals surface area contributed by atoms with E-state index in [1.54, 1.807) is 24.3 Å². The lowest BCUT2D eigenvalue weighted by molar-refractivity contribution is -0.136. The fraction of sp³-hybridized carbons (Fsp3) is 0.0952. The fourth-order valence-electron chi connectivity index (χ4n) is 2.86. The van der Waals surface area contributed by atoms with Gasteiger partial charge in [-0.15, -0.1) is 0 Å². The summed E-state index contributed by atoms with van der Waals surface area (Å²) in [7, 11) is 0. The first-order chi connectivity index (χ1) is 13.5. The lowest BCUT2D eigenvalue weighted by Gasteiger charge is -2.09. The Morgan fingerprint density at radius 1 is 1.00 bits per heavy atom. The van der Waals surface area contributed by atoms with Crippen LogP contribution in [0.5, 0.6) is 0 Å². The normalized spacial score (nSPS) is 10.8. The maximum Gasteiger partial charge on any atom is 0.329 e. The highest BCUT2D eigenvalue weighted by Gasteiger charge is 2.13. The molecule has 1 heterocycles. The molecular weight excluding hydrogens is 376 g/mol. The molecule has 0 bridgehead atoms. The van der Waals surface area contributed by atoms with Crippen LogP contribution in [0.1, 0.15) is 17.0 Å². The molecule has 0 saturated carbocycles. The van der Waals surface area contributed by atoms with Crippen LogP contribution < -0.4 is 10.7 Å². The number of aryl methyl sites for hydroxylation is 1. The number of anilines is 1. The molecule has 0 spiro atoms. The van der Waals surface area contributed by atoms with Crippen LogP contribution in [0.2, 0.25) is 5.02 Å². The molecule has 6 nitrogen and oxygen atoms in total. The van der Waals surface area contributed by atoms with E-state index in [-0.39, 0.29) is 0 Å². The number of benzene rings is 2. The molecule has 0 fully saturated rings. The van der Waals surface area contributed by atoms with E-state index in [9.17, 15) is 9.59 Å². The van der Waals surface area contributed by atoms with Crippen molar-refractivity contribution in [3.8, 4) is 5.69 Å². The average Bonchev–Trinajstić information content (AvgIpc) is 2.95. The van der Waals surface area contributed by atoms with Gasteiger partial charge in [-0.1, -0.05) is 35.9 Å². The Hall–Kier alpha value is -3.38. The smallest absolute Gasteiger partial charge is 0.318 e. The van der Waals surface area contributed by atoms with E-state index < -0.39 is 11.8 Å². The number of para-hydroxylation sites is 1. The second kappa shape index (κ2) is 8.54.